The number of ether oxygens (including phenoxy) is 1. The standard InChI is InChI=1S/C11H9F11O.FH/c1-3-4-5(9(17,18)6(12)7(13)14)10(19,20)23-11(21,22)8(2,15)16;/h3,5H,1,4H2,2H3;1H. The fourth-order valence-electron chi connectivity index (χ4n) is 1.27. The first-order chi connectivity index (χ1) is 10.0. The Balaban J connectivity index is 0. The van der Waals surface area contributed by atoms with Gasteiger partial charge >= 0.3 is 30.1 Å². The van der Waals surface area contributed by atoms with Gasteiger partial charge in [0, 0.05) is 6.92 Å². The second kappa shape index (κ2) is 7.66. The molecule has 0 saturated carbocycles. The number of allylic oxidation sites excluding steroid dienone is 2. The van der Waals surface area contributed by atoms with Crippen LogP contribution in [0.4, 0.5) is 53.0 Å². The van der Waals surface area contributed by atoms with Crippen molar-refractivity contribution in [3.8, 4) is 0 Å². The number of rotatable bonds is 8. The molecular weight excluding hydrogens is 376 g/mol. The predicted molar refractivity (Wildman–Crippen MR) is 57.7 cm³/mol. The topological polar surface area (TPSA) is 9.23 Å². The summed E-state index contributed by atoms with van der Waals surface area (Å²) in [6, 6.07) is 0. The average molecular weight is 386 g/mol. The molecule has 0 aromatic rings. The molecule has 0 N–H and O–H groups in total. The Morgan fingerprint density at radius 2 is 1.42 bits per heavy atom. The predicted octanol–water partition coefficient (Wildman–Crippen LogP) is 5.90. The van der Waals surface area contributed by atoms with Crippen molar-refractivity contribution in [1.29, 1.82) is 0 Å². The summed E-state index contributed by atoms with van der Waals surface area (Å²) in [7, 11) is 0. The van der Waals surface area contributed by atoms with Crippen LogP contribution in [0.2, 0.25) is 0 Å². The van der Waals surface area contributed by atoms with Crippen molar-refractivity contribution >= 4 is 0 Å². The van der Waals surface area contributed by atoms with Gasteiger partial charge in [0.25, 0.3) is 0 Å². The average Bonchev–Trinajstić information content (AvgIpc) is 2.31. The van der Waals surface area contributed by atoms with Crippen molar-refractivity contribution in [2.24, 2.45) is 5.92 Å². The van der Waals surface area contributed by atoms with E-state index in [2.05, 4.69) is 11.3 Å². The minimum absolute atomic E-state index is 0. The molecule has 0 aliphatic carbocycles. The molecule has 0 radical (unpaired) electrons. The van der Waals surface area contributed by atoms with Crippen molar-refractivity contribution in [1.82, 2.24) is 0 Å². The molecule has 1 nitrogen and oxygen atoms in total. The zero-order chi connectivity index (χ0) is 18.9. The number of hydrogen-bond donors (Lipinski definition) is 0. The molecule has 144 valence electrons. The van der Waals surface area contributed by atoms with Crippen LogP contribution < -0.4 is 0 Å². The van der Waals surface area contributed by atoms with Gasteiger partial charge < -0.3 is 0 Å². The van der Waals surface area contributed by atoms with E-state index in [4.69, 9.17) is 0 Å². The van der Waals surface area contributed by atoms with Crippen LogP contribution in [0.3, 0.4) is 0 Å². The van der Waals surface area contributed by atoms with Crippen LogP contribution in [0.1, 0.15) is 13.3 Å². The van der Waals surface area contributed by atoms with E-state index in [1.54, 1.807) is 0 Å². The Morgan fingerprint density at radius 3 is 1.71 bits per heavy atom. The molecule has 13 heteroatoms. The van der Waals surface area contributed by atoms with E-state index < -0.39 is 55.2 Å². The normalized spacial score (nSPS) is 14.7. The van der Waals surface area contributed by atoms with Gasteiger partial charge in [0.2, 0.25) is 5.83 Å². The van der Waals surface area contributed by atoms with Gasteiger partial charge in [-0.3, -0.25) is 4.70 Å². The third-order valence-corrected chi connectivity index (χ3v) is 2.48. The van der Waals surface area contributed by atoms with Crippen molar-refractivity contribution < 1.29 is 57.7 Å². The highest BCUT2D eigenvalue weighted by molar-refractivity contribution is 5.10. The smallest absolute Gasteiger partial charge is 0.269 e. The molecule has 0 amide bonds. The first-order valence-corrected chi connectivity index (χ1v) is 5.54. The van der Waals surface area contributed by atoms with Crippen LogP contribution in [0.25, 0.3) is 0 Å². The largest absolute Gasteiger partial charge is 0.423 e. The van der Waals surface area contributed by atoms with Gasteiger partial charge in [-0.2, -0.15) is 48.3 Å². The van der Waals surface area contributed by atoms with Crippen LogP contribution in [0.15, 0.2) is 24.6 Å². The van der Waals surface area contributed by atoms with Gasteiger partial charge in [-0.25, -0.2) is 4.74 Å². The van der Waals surface area contributed by atoms with Gasteiger partial charge in [-0.1, -0.05) is 6.08 Å². The molecule has 0 aromatic carbocycles. The molecule has 0 heterocycles. The lowest BCUT2D eigenvalue weighted by Crippen LogP contribution is -2.52. The Hall–Kier alpha value is -1.40. The van der Waals surface area contributed by atoms with Gasteiger partial charge in [0.1, 0.15) is 5.92 Å². The van der Waals surface area contributed by atoms with Crippen LogP contribution >= 0.6 is 0 Å². The summed E-state index contributed by atoms with van der Waals surface area (Å²) >= 11 is 0. The molecule has 0 aromatic heterocycles. The van der Waals surface area contributed by atoms with Crippen LogP contribution in [-0.4, -0.2) is 24.1 Å². The molecule has 24 heavy (non-hydrogen) atoms. The van der Waals surface area contributed by atoms with E-state index in [9.17, 15) is 48.3 Å². The van der Waals surface area contributed by atoms with E-state index in [1.165, 1.54) is 0 Å². The van der Waals surface area contributed by atoms with Gasteiger partial charge in [-0.05, 0) is 6.42 Å². The molecule has 0 saturated heterocycles. The summed E-state index contributed by atoms with van der Waals surface area (Å²) in [5.41, 5.74) is 0. The Morgan fingerprint density at radius 1 is 1.00 bits per heavy atom. The first-order valence-electron chi connectivity index (χ1n) is 5.54. The van der Waals surface area contributed by atoms with Crippen molar-refractivity contribution in [3.63, 3.8) is 0 Å². The Labute approximate surface area is 127 Å². The monoisotopic (exact) mass is 386 g/mol. The lowest BCUT2D eigenvalue weighted by molar-refractivity contribution is -0.447. The Bertz CT molecular complexity index is 460. The van der Waals surface area contributed by atoms with Crippen molar-refractivity contribution in [3.05, 3.63) is 24.6 Å². The molecule has 1 atom stereocenters. The molecule has 0 fully saturated rings. The molecule has 0 rings (SSSR count). The molecule has 1 unspecified atom stereocenters. The van der Waals surface area contributed by atoms with Crippen LogP contribution in [-0.2, 0) is 4.74 Å². The lowest BCUT2D eigenvalue weighted by Gasteiger charge is -2.34. The van der Waals surface area contributed by atoms with Crippen LogP contribution in [0.5, 0.6) is 0 Å². The Kier molecular flexibility index (Phi) is 7.93. The minimum Gasteiger partial charge on any atom is -0.269 e. The third-order valence-electron chi connectivity index (χ3n) is 2.48. The van der Waals surface area contributed by atoms with Crippen LogP contribution in [0, 0.1) is 5.92 Å². The summed E-state index contributed by atoms with van der Waals surface area (Å²) in [6.45, 7) is 2.14. The second-order valence-corrected chi connectivity index (χ2v) is 4.34. The van der Waals surface area contributed by atoms with E-state index in [1.807, 2.05) is 0 Å². The lowest BCUT2D eigenvalue weighted by atomic mass is 9.95. The highest BCUT2D eigenvalue weighted by Gasteiger charge is 2.66. The van der Waals surface area contributed by atoms with E-state index in [0.29, 0.717) is 0 Å². The van der Waals surface area contributed by atoms with Crippen molar-refractivity contribution in [2.75, 3.05) is 0 Å². The van der Waals surface area contributed by atoms with Gasteiger partial charge in [-0.15, -0.1) is 6.58 Å². The second-order valence-electron chi connectivity index (χ2n) is 4.34. The number of hydrogen-bond acceptors (Lipinski definition) is 1. The summed E-state index contributed by atoms with van der Waals surface area (Å²) in [5, 5.41) is 0. The zero-order valence-electron chi connectivity index (χ0n) is 11.5. The van der Waals surface area contributed by atoms with E-state index in [-0.39, 0.29) is 10.8 Å². The molecule has 0 bridgehead atoms. The maximum absolute atomic E-state index is 13.4. The first kappa shape index (κ1) is 24.8. The summed E-state index contributed by atoms with van der Waals surface area (Å²) in [4.78, 5) is 0. The quantitative estimate of drug-likeness (QED) is 0.373. The maximum Gasteiger partial charge on any atom is 0.423 e. The fourth-order valence-corrected chi connectivity index (χ4v) is 1.27. The fraction of sp³-hybridized carbons (Fsp3) is 0.636. The molecule has 0 spiro atoms. The highest BCUT2D eigenvalue weighted by atomic mass is 19.3. The summed E-state index contributed by atoms with van der Waals surface area (Å²) in [5.74, 6) is -18.5. The van der Waals surface area contributed by atoms with E-state index >= 15 is 0 Å². The maximum atomic E-state index is 13.4. The minimum atomic E-state index is -5.93. The van der Waals surface area contributed by atoms with Crippen molar-refractivity contribution in [2.45, 2.75) is 37.4 Å². The van der Waals surface area contributed by atoms with Gasteiger partial charge in [0.15, 0.2) is 0 Å². The summed E-state index contributed by atoms with van der Waals surface area (Å²) < 4.78 is 143. The molecular formula is C11H10F12O. The molecule has 0 aliphatic rings. The summed E-state index contributed by atoms with van der Waals surface area (Å²) in [6.07, 6.45) is -16.9. The number of halogens is 12. The SMILES string of the molecule is C=CCC(C(F)(F)OC(F)(F)C(C)(F)F)C(F)(F)C(F)=C(F)F.F. The third kappa shape index (κ3) is 5.31. The van der Waals surface area contributed by atoms with Gasteiger partial charge in [0.05, 0.1) is 0 Å². The zero-order valence-corrected chi connectivity index (χ0v) is 11.5. The number of alkyl halides is 8. The molecule has 0 aliphatic heterocycles. The van der Waals surface area contributed by atoms with E-state index in [0.717, 1.165) is 0 Å². The highest BCUT2D eigenvalue weighted by Crippen LogP contribution is 2.49.